The van der Waals surface area contributed by atoms with E-state index in [-0.39, 0.29) is 0 Å². The fourth-order valence-electron chi connectivity index (χ4n) is 0.996. The maximum atomic E-state index is 10.5. The van der Waals surface area contributed by atoms with Gasteiger partial charge in [0.2, 0.25) is 0 Å². The van der Waals surface area contributed by atoms with E-state index in [1.165, 1.54) is 12.7 Å². The van der Waals surface area contributed by atoms with Gasteiger partial charge in [0.15, 0.2) is 6.29 Å². The normalized spacial score (nSPS) is 10.0. The van der Waals surface area contributed by atoms with Gasteiger partial charge >= 0.3 is 0 Å². The summed E-state index contributed by atoms with van der Waals surface area (Å²) in [4.78, 5) is 10.5. The smallest absolute Gasteiger partial charge is 0.168 e. The molecule has 0 radical (unpaired) electrons. The molecule has 0 aliphatic heterocycles. The van der Waals surface area contributed by atoms with Gasteiger partial charge in [-0.25, -0.2) is 4.68 Å². The Bertz CT molecular complexity index is 376. The first kappa shape index (κ1) is 6.78. The van der Waals surface area contributed by atoms with Crippen molar-refractivity contribution in [3.8, 4) is 0 Å². The summed E-state index contributed by atoms with van der Waals surface area (Å²) >= 11 is 0. The van der Waals surface area contributed by atoms with Gasteiger partial charge in [0.1, 0.15) is 18.3 Å². The van der Waals surface area contributed by atoms with Crippen LogP contribution in [0.15, 0.2) is 31.0 Å². The average Bonchev–Trinajstić information content (AvgIpc) is 2.74. The van der Waals surface area contributed by atoms with Gasteiger partial charge in [-0.3, -0.25) is 9.47 Å². The third-order valence-corrected chi connectivity index (χ3v) is 1.53. The van der Waals surface area contributed by atoms with Crippen LogP contribution < -0.4 is 0 Å². The summed E-state index contributed by atoms with van der Waals surface area (Å²) in [6.45, 7) is 0. The van der Waals surface area contributed by atoms with Gasteiger partial charge in [0, 0.05) is 6.20 Å². The van der Waals surface area contributed by atoms with E-state index in [9.17, 15) is 4.79 Å². The van der Waals surface area contributed by atoms with Crippen molar-refractivity contribution in [2.24, 2.45) is 0 Å². The molecule has 0 aromatic carbocycles. The second-order valence-electron chi connectivity index (χ2n) is 2.24. The van der Waals surface area contributed by atoms with Crippen LogP contribution in [0.3, 0.4) is 0 Å². The van der Waals surface area contributed by atoms with Gasteiger partial charge in [-0.05, 0) is 12.1 Å². The molecule has 0 aliphatic rings. The lowest BCUT2D eigenvalue weighted by Crippen LogP contribution is -2.08. The van der Waals surface area contributed by atoms with E-state index in [4.69, 9.17) is 0 Å². The molecule has 5 nitrogen and oxygen atoms in total. The Balaban J connectivity index is 2.53. The zero-order chi connectivity index (χ0) is 8.39. The number of carbonyl (C=O) groups excluding carboxylic acids is 1. The van der Waals surface area contributed by atoms with Crippen molar-refractivity contribution in [3.63, 3.8) is 0 Å². The van der Waals surface area contributed by atoms with Crippen LogP contribution in [-0.4, -0.2) is 25.8 Å². The lowest BCUT2D eigenvalue weighted by atomic mass is 10.5. The third-order valence-electron chi connectivity index (χ3n) is 1.53. The Kier molecular flexibility index (Phi) is 1.48. The summed E-state index contributed by atoms with van der Waals surface area (Å²) in [6.07, 6.45) is 5.58. The van der Waals surface area contributed by atoms with Crippen LogP contribution in [0.2, 0.25) is 0 Å². The van der Waals surface area contributed by atoms with Crippen LogP contribution in [0.5, 0.6) is 0 Å². The van der Waals surface area contributed by atoms with E-state index < -0.39 is 0 Å². The fraction of sp³-hybridized carbons (Fsp3) is 0. The van der Waals surface area contributed by atoms with Gasteiger partial charge in [0.25, 0.3) is 0 Å². The van der Waals surface area contributed by atoms with E-state index in [2.05, 4.69) is 10.2 Å². The second kappa shape index (κ2) is 2.61. The summed E-state index contributed by atoms with van der Waals surface area (Å²) in [5.74, 6) is 0. The second-order valence-corrected chi connectivity index (χ2v) is 2.24. The highest BCUT2D eigenvalue weighted by Crippen LogP contribution is 1.98. The molecule has 2 heterocycles. The summed E-state index contributed by atoms with van der Waals surface area (Å²) in [5.41, 5.74) is 0.565. The van der Waals surface area contributed by atoms with Crippen LogP contribution in [-0.2, 0) is 0 Å². The minimum atomic E-state index is 0.565. The summed E-state index contributed by atoms with van der Waals surface area (Å²) in [5, 5.41) is 7.26. The van der Waals surface area contributed by atoms with Crippen molar-refractivity contribution in [3.05, 3.63) is 36.7 Å². The lowest BCUT2D eigenvalue weighted by molar-refractivity contribution is 0.111. The number of aromatic nitrogens is 4. The molecule has 0 amide bonds. The van der Waals surface area contributed by atoms with Gasteiger partial charge in [-0.2, -0.15) is 0 Å². The zero-order valence-corrected chi connectivity index (χ0v) is 6.16. The van der Waals surface area contributed by atoms with Crippen molar-refractivity contribution in [2.45, 2.75) is 0 Å². The molecule has 2 rings (SSSR count). The average molecular weight is 162 g/mol. The van der Waals surface area contributed by atoms with Crippen LogP contribution in [0.1, 0.15) is 10.5 Å². The highest BCUT2D eigenvalue weighted by Gasteiger charge is 1.99. The molecular formula is C7H6N4O. The van der Waals surface area contributed by atoms with E-state index >= 15 is 0 Å². The summed E-state index contributed by atoms with van der Waals surface area (Å²) < 4.78 is 3.26. The topological polar surface area (TPSA) is 52.7 Å². The maximum Gasteiger partial charge on any atom is 0.168 e. The van der Waals surface area contributed by atoms with Gasteiger partial charge in [-0.1, -0.05) is 0 Å². The van der Waals surface area contributed by atoms with Crippen LogP contribution >= 0.6 is 0 Å². The molecule has 0 aliphatic carbocycles. The number of hydrogen-bond donors (Lipinski definition) is 0. The van der Waals surface area contributed by atoms with Crippen molar-refractivity contribution >= 4 is 6.29 Å². The molecule has 0 spiro atoms. The minimum absolute atomic E-state index is 0.565. The van der Waals surface area contributed by atoms with Crippen molar-refractivity contribution in [1.82, 2.24) is 19.5 Å². The molecule has 2 aromatic heterocycles. The minimum Gasteiger partial charge on any atom is -0.296 e. The zero-order valence-electron chi connectivity index (χ0n) is 6.16. The molecule has 0 atom stereocenters. The Morgan fingerprint density at radius 2 is 2.08 bits per heavy atom. The molecular weight excluding hydrogens is 156 g/mol. The standard InChI is InChI=1S/C7H6N4O/c12-4-7-2-1-3-11(7)10-5-8-9-6-10/h1-6H. The summed E-state index contributed by atoms with van der Waals surface area (Å²) in [6, 6.07) is 3.50. The largest absolute Gasteiger partial charge is 0.296 e. The monoisotopic (exact) mass is 162 g/mol. The first-order valence-electron chi connectivity index (χ1n) is 3.39. The molecule has 5 heteroatoms. The maximum absolute atomic E-state index is 10.5. The van der Waals surface area contributed by atoms with Gasteiger partial charge in [0.05, 0.1) is 0 Å². The predicted octanol–water partition coefficient (Wildman–Crippen LogP) is 0.203. The van der Waals surface area contributed by atoms with Crippen LogP contribution in [0.4, 0.5) is 0 Å². The van der Waals surface area contributed by atoms with Crippen LogP contribution in [0, 0.1) is 0 Å². The van der Waals surface area contributed by atoms with Crippen LogP contribution in [0.25, 0.3) is 0 Å². The Morgan fingerprint density at radius 3 is 2.75 bits per heavy atom. The number of hydrogen-bond acceptors (Lipinski definition) is 3. The van der Waals surface area contributed by atoms with Crippen molar-refractivity contribution < 1.29 is 4.79 Å². The SMILES string of the molecule is O=Cc1cccn1-n1cnnc1. The molecule has 0 saturated heterocycles. The van der Waals surface area contributed by atoms with E-state index in [1.807, 2.05) is 0 Å². The van der Waals surface area contributed by atoms with E-state index in [0.717, 1.165) is 6.29 Å². The first-order chi connectivity index (χ1) is 5.92. The highest BCUT2D eigenvalue weighted by molar-refractivity contribution is 5.72. The number of rotatable bonds is 2. The van der Waals surface area contributed by atoms with Gasteiger partial charge < -0.3 is 0 Å². The van der Waals surface area contributed by atoms with Crippen molar-refractivity contribution in [2.75, 3.05) is 0 Å². The molecule has 12 heavy (non-hydrogen) atoms. The number of aldehydes is 1. The highest BCUT2D eigenvalue weighted by atomic mass is 16.1. The lowest BCUT2D eigenvalue weighted by Gasteiger charge is -2.02. The summed E-state index contributed by atoms with van der Waals surface area (Å²) in [7, 11) is 0. The number of carbonyl (C=O) groups is 1. The molecule has 0 unspecified atom stereocenters. The van der Waals surface area contributed by atoms with E-state index in [1.54, 1.807) is 27.7 Å². The molecule has 60 valence electrons. The molecule has 0 fully saturated rings. The molecule has 0 bridgehead atoms. The Morgan fingerprint density at radius 1 is 1.33 bits per heavy atom. The van der Waals surface area contributed by atoms with Crippen molar-refractivity contribution in [1.29, 1.82) is 0 Å². The van der Waals surface area contributed by atoms with Gasteiger partial charge in [-0.15, -0.1) is 10.2 Å². The Labute approximate surface area is 68.2 Å². The third kappa shape index (κ3) is 0.914. The molecule has 0 N–H and O–H groups in total. The quantitative estimate of drug-likeness (QED) is 0.593. The molecule has 0 saturated carbocycles. The first-order valence-corrected chi connectivity index (χ1v) is 3.39. The van der Waals surface area contributed by atoms with E-state index in [0.29, 0.717) is 5.69 Å². The number of nitrogens with zero attached hydrogens (tertiary/aromatic N) is 4. The Hall–Kier alpha value is -1.91. The molecule has 2 aromatic rings. The fourth-order valence-corrected chi connectivity index (χ4v) is 0.996. The predicted molar refractivity (Wildman–Crippen MR) is 40.6 cm³/mol.